The summed E-state index contributed by atoms with van der Waals surface area (Å²) in [5, 5.41) is 14.0. The van der Waals surface area contributed by atoms with E-state index in [-0.39, 0.29) is 6.10 Å². The summed E-state index contributed by atoms with van der Waals surface area (Å²) in [6.45, 7) is 0. The van der Waals surface area contributed by atoms with Gasteiger partial charge in [0.05, 0.1) is 16.3 Å². The lowest BCUT2D eigenvalue weighted by atomic mass is 9.93. The van der Waals surface area contributed by atoms with Gasteiger partial charge in [0.25, 0.3) is 0 Å². The molecule has 0 saturated heterocycles. The number of aliphatic hydroxyl groups is 1. The molecule has 1 heterocycles. The van der Waals surface area contributed by atoms with E-state index >= 15 is 0 Å². The summed E-state index contributed by atoms with van der Waals surface area (Å²) in [5.41, 5.74) is 1.04. The second-order valence-corrected chi connectivity index (χ2v) is 6.73. The summed E-state index contributed by atoms with van der Waals surface area (Å²) in [6, 6.07) is 6.61. The van der Waals surface area contributed by atoms with Gasteiger partial charge in [-0.2, -0.15) is 0 Å². The number of anilines is 1. The molecule has 96 valence electrons. The van der Waals surface area contributed by atoms with E-state index in [9.17, 15) is 5.11 Å². The SMILES string of the molecule is OC1CCC(Nc2nc3ccc(Br)cc3s2)CC1. The number of rotatable bonds is 2. The van der Waals surface area contributed by atoms with Gasteiger partial charge in [-0.3, -0.25) is 0 Å². The van der Waals surface area contributed by atoms with Crippen LogP contribution in [0.4, 0.5) is 5.13 Å². The Kier molecular flexibility index (Phi) is 3.54. The summed E-state index contributed by atoms with van der Waals surface area (Å²) in [5.74, 6) is 0. The van der Waals surface area contributed by atoms with Crippen LogP contribution in [0.1, 0.15) is 25.7 Å². The van der Waals surface area contributed by atoms with Gasteiger partial charge in [0.2, 0.25) is 0 Å². The highest BCUT2D eigenvalue weighted by molar-refractivity contribution is 9.10. The number of aliphatic hydroxyl groups excluding tert-OH is 1. The van der Waals surface area contributed by atoms with E-state index in [4.69, 9.17) is 0 Å². The number of hydrogen-bond acceptors (Lipinski definition) is 4. The van der Waals surface area contributed by atoms with Crippen LogP contribution in [0.25, 0.3) is 10.2 Å². The average Bonchev–Trinajstić information content (AvgIpc) is 2.73. The smallest absolute Gasteiger partial charge is 0.184 e. The Bertz CT molecular complexity index is 549. The quantitative estimate of drug-likeness (QED) is 0.882. The van der Waals surface area contributed by atoms with E-state index < -0.39 is 0 Å². The van der Waals surface area contributed by atoms with Crippen LogP contribution in [0, 0.1) is 0 Å². The lowest BCUT2D eigenvalue weighted by molar-refractivity contribution is 0.126. The minimum Gasteiger partial charge on any atom is -0.393 e. The number of fused-ring (bicyclic) bond motifs is 1. The predicted octanol–water partition coefficient (Wildman–Crippen LogP) is 3.77. The number of aromatic nitrogens is 1. The maximum Gasteiger partial charge on any atom is 0.184 e. The van der Waals surface area contributed by atoms with Crippen molar-refractivity contribution in [1.82, 2.24) is 4.98 Å². The molecule has 0 unspecified atom stereocenters. The summed E-state index contributed by atoms with van der Waals surface area (Å²) >= 11 is 5.17. The van der Waals surface area contributed by atoms with Gasteiger partial charge >= 0.3 is 0 Å². The fraction of sp³-hybridized carbons (Fsp3) is 0.462. The van der Waals surface area contributed by atoms with Crippen molar-refractivity contribution in [2.75, 3.05) is 5.32 Å². The van der Waals surface area contributed by atoms with E-state index in [1.807, 2.05) is 12.1 Å². The molecule has 1 fully saturated rings. The Morgan fingerprint density at radius 2 is 2.06 bits per heavy atom. The molecule has 0 radical (unpaired) electrons. The molecule has 1 saturated carbocycles. The highest BCUT2D eigenvalue weighted by Crippen LogP contribution is 2.30. The zero-order chi connectivity index (χ0) is 12.5. The van der Waals surface area contributed by atoms with Gasteiger partial charge in [-0.15, -0.1) is 0 Å². The molecule has 3 nitrogen and oxygen atoms in total. The number of halogens is 1. The van der Waals surface area contributed by atoms with Crippen molar-refractivity contribution in [2.24, 2.45) is 0 Å². The van der Waals surface area contributed by atoms with Crippen LogP contribution in [0.5, 0.6) is 0 Å². The number of nitrogens with one attached hydrogen (secondary N) is 1. The van der Waals surface area contributed by atoms with Gasteiger partial charge in [0.1, 0.15) is 0 Å². The molecule has 0 bridgehead atoms. The molecule has 0 spiro atoms. The molecule has 5 heteroatoms. The molecule has 2 N–H and O–H groups in total. The summed E-state index contributed by atoms with van der Waals surface area (Å²) < 4.78 is 2.29. The molecular weight excluding hydrogens is 312 g/mol. The van der Waals surface area contributed by atoms with Crippen molar-refractivity contribution in [3.63, 3.8) is 0 Å². The maximum absolute atomic E-state index is 9.49. The van der Waals surface area contributed by atoms with Crippen molar-refractivity contribution in [1.29, 1.82) is 0 Å². The third-order valence-corrected chi connectivity index (χ3v) is 4.82. The summed E-state index contributed by atoms with van der Waals surface area (Å²) in [7, 11) is 0. The first-order valence-electron chi connectivity index (χ1n) is 6.21. The minimum absolute atomic E-state index is 0.102. The molecule has 18 heavy (non-hydrogen) atoms. The van der Waals surface area contributed by atoms with E-state index in [0.717, 1.165) is 40.8 Å². The molecular formula is C13H15BrN2OS. The van der Waals surface area contributed by atoms with E-state index in [1.165, 1.54) is 4.70 Å². The summed E-state index contributed by atoms with van der Waals surface area (Å²) in [4.78, 5) is 4.59. The van der Waals surface area contributed by atoms with Crippen LogP contribution in [0.15, 0.2) is 22.7 Å². The highest BCUT2D eigenvalue weighted by Gasteiger charge is 2.20. The standard InChI is InChI=1S/C13H15BrN2OS/c14-8-1-6-11-12(7-8)18-13(16-11)15-9-2-4-10(17)5-3-9/h1,6-7,9-10,17H,2-5H2,(H,15,16). The third kappa shape index (κ3) is 2.68. The molecule has 0 aliphatic heterocycles. The Morgan fingerprint density at radius 1 is 1.28 bits per heavy atom. The van der Waals surface area contributed by atoms with E-state index in [1.54, 1.807) is 11.3 Å². The molecule has 1 aliphatic rings. The van der Waals surface area contributed by atoms with Crippen molar-refractivity contribution < 1.29 is 5.11 Å². The first kappa shape index (κ1) is 12.4. The number of nitrogens with zero attached hydrogens (tertiary/aromatic N) is 1. The Balaban J connectivity index is 1.74. The second kappa shape index (κ2) is 5.15. The first-order chi connectivity index (χ1) is 8.70. The normalized spacial score (nSPS) is 24.3. The molecule has 1 aromatic carbocycles. The maximum atomic E-state index is 9.49. The molecule has 0 atom stereocenters. The van der Waals surface area contributed by atoms with Crippen LogP contribution in [-0.2, 0) is 0 Å². The fourth-order valence-corrected chi connectivity index (χ4v) is 3.85. The number of thiazole rings is 1. The monoisotopic (exact) mass is 326 g/mol. The van der Waals surface area contributed by atoms with Crippen LogP contribution in [-0.4, -0.2) is 22.2 Å². The molecule has 0 amide bonds. The first-order valence-corrected chi connectivity index (χ1v) is 7.82. The highest BCUT2D eigenvalue weighted by atomic mass is 79.9. The van der Waals surface area contributed by atoms with Gasteiger partial charge in [-0.25, -0.2) is 4.98 Å². The molecule has 3 rings (SSSR count). The zero-order valence-corrected chi connectivity index (χ0v) is 12.3. The van der Waals surface area contributed by atoms with Gasteiger partial charge in [0, 0.05) is 10.5 Å². The van der Waals surface area contributed by atoms with Crippen molar-refractivity contribution in [3.8, 4) is 0 Å². The van der Waals surface area contributed by atoms with E-state index in [0.29, 0.717) is 6.04 Å². The van der Waals surface area contributed by atoms with Gasteiger partial charge in [-0.05, 0) is 43.9 Å². The third-order valence-electron chi connectivity index (χ3n) is 3.37. The largest absolute Gasteiger partial charge is 0.393 e. The fourth-order valence-electron chi connectivity index (χ4n) is 2.35. The second-order valence-electron chi connectivity index (χ2n) is 4.78. The Labute approximate surface area is 118 Å². The van der Waals surface area contributed by atoms with Crippen molar-refractivity contribution >= 4 is 42.6 Å². The summed E-state index contributed by atoms with van der Waals surface area (Å²) in [6.07, 6.45) is 3.75. The zero-order valence-electron chi connectivity index (χ0n) is 9.90. The molecule has 1 aromatic heterocycles. The van der Waals surface area contributed by atoms with Crippen molar-refractivity contribution in [2.45, 2.75) is 37.8 Å². The van der Waals surface area contributed by atoms with E-state index in [2.05, 4.69) is 32.3 Å². The number of hydrogen-bond donors (Lipinski definition) is 2. The Morgan fingerprint density at radius 3 is 2.83 bits per heavy atom. The van der Waals surface area contributed by atoms with Crippen LogP contribution in [0.3, 0.4) is 0 Å². The number of benzene rings is 1. The topological polar surface area (TPSA) is 45.1 Å². The molecule has 2 aromatic rings. The predicted molar refractivity (Wildman–Crippen MR) is 79.2 cm³/mol. The Hall–Kier alpha value is -0.650. The lowest BCUT2D eigenvalue weighted by Crippen LogP contribution is -2.28. The van der Waals surface area contributed by atoms with Gasteiger partial charge in [-0.1, -0.05) is 27.3 Å². The van der Waals surface area contributed by atoms with Crippen LogP contribution >= 0.6 is 27.3 Å². The lowest BCUT2D eigenvalue weighted by Gasteiger charge is -2.25. The van der Waals surface area contributed by atoms with Crippen LogP contribution in [0.2, 0.25) is 0 Å². The van der Waals surface area contributed by atoms with Gasteiger partial charge < -0.3 is 10.4 Å². The minimum atomic E-state index is -0.102. The van der Waals surface area contributed by atoms with Crippen molar-refractivity contribution in [3.05, 3.63) is 22.7 Å². The molecule has 1 aliphatic carbocycles. The van der Waals surface area contributed by atoms with Crippen LogP contribution < -0.4 is 5.32 Å². The van der Waals surface area contributed by atoms with Gasteiger partial charge in [0.15, 0.2) is 5.13 Å². The average molecular weight is 327 g/mol.